The van der Waals surface area contributed by atoms with Gasteiger partial charge in [-0.05, 0) is 24.5 Å². The van der Waals surface area contributed by atoms with Crippen LogP contribution in [0.25, 0.3) is 11.5 Å². The second-order valence-electron chi connectivity index (χ2n) is 7.23. The molecule has 0 aliphatic heterocycles. The summed E-state index contributed by atoms with van der Waals surface area (Å²) in [6.07, 6.45) is 5.36. The van der Waals surface area contributed by atoms with Crippen LogP contribution in [-0.2, 0) is 6.54 Å². The average molecular weight is 341 g/mol. The molecule has 3 rings (SSSR count). The number of carbonyl (C=O) groups is 1. The van der Waals surface area contributed by atoms with Crippen molar-refractivity contribution >= 4 is 5.91 Å². The second-order valence-corrected chi connectivity index (χ2v) is 7.23. The summed E-state index contributed by atoms with van der Waals surface area (Å²) in [7, 11) is 0. The van der Waals surface area contributed by atoms with Crippen molar-refractivity contribution in [3.8, 4) is 11.5 Å². The highest BCUT2D eigenvalue weighted by atomic mass is 16.3. The quantitative estimate of drug-likeness (QED) is 0.746. The third-order valence-electron chi connectivity index (χ3n) is 4.12. The van der Waals surface area contributed by atoms with Gasteiger partial charge in [-0.2, -0.15) is 5.10 Å². The summed E-state index contributed by atoms with van der Waals surface area (Å²) in [6.45, 7) is 8.80. The maximum Gasteiger partial charge on any atom is 0.272 e. The molecule has 0 bridgehead atoms. The fourth-order valence-corrected chi connectivity index (χ4v) is 2.52. The largest absolute Gasteiger partial charge is 0.460 e. The summed E-state index contributed by atoms with van der Waals surface area (Å²) in [5, 5.41) is 10.1. The zero-order chi connectivity index (χ0) is 18.0. The van der Waals surface area contributed by atoms with E-state index in [2.05, 4.69) is 41.3 Å². The Bertz CT molecular complexity index is 839. The lowest BCUT2D eigenvalue weighted by Gasteiger charge is -2.31. The predicted molar refractivity (Wildman–Crippen MR) is 94.0 cm³/mol. The second kappa shape index (κ2) is 6.58. The van der Waals surface area contributed by atoms with Gasteiger partial charge in [-0.1, -0.05) is 20.8 Å². The highest BCUT2D eigenvalue weighted by Gasteiger charge is 2.27. The van der Waals surface area contributed by atoms with Crippen LogP contribution < -0.4 is 5.32 Å². The summed E-state index contributed by atoms with van der Waals surface area (Å²) in [5.74, 6) is 1.25. The van der Waals surface area contributed by atoms with Gasteiger partial charge in [0, 0.05) is 25.0 Å². The molecule has 1 atom stereocenters. The van der Waals surface area contributed by atoms with E-state index in [0.29, 0.717) is 23.7 Å². The first kappa shape index (κ1) is 17.0. The predicted octanol–water partition coefficient (Wildman–Crippen LogP) is 3.02. The molecule has 132 valence electrons. The minimum absolute atomic E-state index is 0.0693. The zero-order valence-electron chi connectivity index (χ0n) is 14.9. The van der Waals surface area contributed by atoms with Crippen molar-refractivity contribution < 1.29 is 9.21 Å². The van der Waals surface area contributed by atoms with Crippen LogP contribution in [0.5, 0.6) is 0 Å². The molecule has 25 heavy (non-hydrogen) atoms. The van der Waals surface area contributed by atoms with E-state index in [4.69, 9.17) is 4.42 Å². The standard InChI is InChI=1S/C18H23N5O2/c1-12-5-6-15(25-12)13-9-14(22-21-13)17(24)20-16(18(2,3)4)10-23-8-7-19-11-23/h5-9,11,16H,10H2,1-4H3,(H,20,24)(H,21,22). The van der Waals surface area contributed by atoms with E-state index in [0.717, 1.165) is 5.76 Å². The lowest BCUT2D eigenvalue weighted by Crippen LogP contribution is -2.46. The maximum absolute atomic E-state index is 12.6. The Morgan fingerprint density at radius 2 is 2.20 bits per heavy atom. The Morgan fingerprint density at radius 3 is 2.80 bits per heavy atom. The van der Waals surface area contributed by atoms with E-state index in [1.807, 2.05) is 29.8 Å². The van der Waals surface area contributed by atoms with Crippen molar-refractivity contribution in [2.24, 2.45) is 5.41 Å². The molecule has 7 heteroatoms. The number of H-pyrrole nitrogens is 1. The summed E-state index contributed by atoms with van der Waals surface area (Å²) in [4.78, 5) is 16.7. The van der Waals surface area contributed by atoms with Gasteiger partial charge in [-0.15, -0.1) is 0 Å². The van der Waals surface area contributed by atoms with Crippen LogP contribution in [-0.4, -0.2) is 31.7 Å². The van der Waals surface area contributed by atoms with Crippen LogP contribution >= 0.6 is 0 Å². The summed E-state index contributed by atoms with van der Waals surface area (Å²) in [6, 6.07) is 5.35. The molecule has 7 nitrogen and oxygen atoms in total. The number of imidazole rings is 1. The van der Waals surface area contributed by atoms with Crippen LogP contribution in [0.4, 0.5) is 0 Å². The van der Waals surface area contributed by atoms with Gasteiger partial charge < -0.3 is 14.3 Å². The smallest absolute Gasteiger partial charge is 0.272 e. The fourth-order valence-electron chi connectivity index (χ4n) is 2.52. The Balaban J connectivity index is 1.74. The summed E-state index contributed by atoms with van der Waals surface area (Å²) in [5.41, 5.74) is 0.904. The molecule has 0 aromatic carbocycles. The van der Waals surface area contributed by atoms with E-state index >= 15 is 0 Å². The molecule has 3 heterocycles. The lowest BCUT2D eigenvalue weighted by atomic mass is 9.86. The van der Waals surface area contributed by atoms with Crippen LogP contribution in [0.3, 0.4) is 0 Å². The molecule has 0 aliphatic rings. The average Bonchev–Trinajstić information content (AvgIpc) is 3.26. The summed E-state index contributed by atoms with van der Waals surface area (Å²) >= 11 is 0. The van der Waals surface area contributed by atoms with Crippen LogP contribution in [0.1, 0.15) is 37.0 Å². The Hall–Kier alpha value is -2.83. The number of nitrogens with zero attached hydrogens (tertiary/aromatic N) is 3. The van der Waals surface area contributed by atoms with E-state index < -0.39 is 0 Å². The van der Waals surface area contributed by atoms with Gasteiger partial charge >= 0.3 is 0 Å². The van der Waals surface area contributed by atoms with E-state index in [1.165, 1.54) is 0 Å². The first-order valence-corrected chi connectivity index (χ1v) is 8.22. The molecule has 1 amide bonds. The topological polar surface area (TPSA) is 88.7 Å². The molecule has 3 aromatic rings. The number of hydrogen-bond acceptors (Lipinski definition) is 4. The SMILES string of the molecule is Cc1ccc(-c2cc(C(=O)NC(Cn3ccnc3)C(C)(C)C)n[nH]2)o1. The van der Waals surface area contributed by atoms with Crippen LogP contribution in [0.2, 0.25) is 0 Å². The molecule has 1 unspecified atom stereocenters. The first-order valence-electron chi connectivity index (χ1n) is 8.22. The molecule has 0 spiro atoms. The molecule has 0 radical (unpaired) electrons. The van der Waals surface area contributed by atoms with Crippen molar-refractivity contribution in [2.75, 3.05) is 0 Å². The molecular weight excluding hydrogens is 318 g/mol. The Kier molecular flexibility index (Phi) is 4.48. The highest BCUT2D eigenvalue weighted by Crippen LogP contribution is 2.23. The van der Waals surface area contributed by atoms with Gasteiger partial charge in [0.05, 0.1) is 12.4 Å². The molecule has 0 aliphatic carbocycles. The van der Waals surface area contributed by atoms with Gasteiger partial charge in [-0.3, -0.25) is 9.89 Å². The number of aromatic amines is 1. The number of furan rings is 1. The van der Waals surface area contributed by atoms with E-state index in [-0.39, 0.29) is 17.4 Å². The minimum atomic E-state index is -0.217. The minimum Gasteiger partial charge on any atom is -0.460 e. The van der Waals surface area contributed by atoms with Crippen molar-refractivity contribution in [1.29, 1.82) is 0 Å². The van der Waals surface area contributed by atoms with Crippen molar-refractivity contribution in [3.63, 3.8) is 0 Å². The molecule has 0 saturated carbocycles. The van der Waals surface area contributed by atoms with E-state index in [1.54, 1.807) is 18.6 Å². The number of rotatable bonds is 5. The number of amides is 1. The van der Waals surface area contributed by atoms with Crippen LogP contribution in [0, 0.1) is 12.3 Å². The lowest BCUT2D eigenvalue weighted by molar-refractivity contribution is 0.0887. The molecule has 3 aromatic heterocycles. The van der Waals surface area contributed by atoms with Crippen LogP contribution in [0.15, 0.2) is 41.3 Å². The normalized spacial score (nSPS) is 13.0. The highest BCUT2D eigenvalue weighted by molar-refractivity contribution is 5.93. The number of hydrogen-bond donors (Lipinski definition) is 2. The van der Waals surface area contributed by atoms with Gasteiger partial charge in [0.15, 0.2) is 11.5 Å². The van der Waals surface area contributed by atoms with Gasteiger partial charge in [0.2, 0.25) is 0 Å². The van der Waals surface area contributed by atoms with Gasteiger partial charge in [0.1, 0.15) is 11.5 Å². The number of aryl methyl sites for hydroxylation is 1. The molecule has 0 fully saturated rings. The number of nitrogens with one attached hydrogen (secondary N) is 2. The number of aromatic nitrogens is 4. The zero-order valence-corrected chi connectivity index (χ0v) is 14.9. The van der Waals surface area contributed by atoms with E-state index in [9.17, 15) is 4.79 Å². The Labute approximate surface area is 146 Å². The van der Waals surface area contributed by atoms with Crippen molar-refractivity contribution in [1.82, 2.24) is 25.1 Å². The fraction of sp³-hybridized carbons (Fsp3) is 0.389. The first-order chi connectivity index (χ1) is 11.8. The number of carbonyl (C=O) groups excluding carboxylic acids is 1. The third kappa shape index (κ3) is 3.99. The van der Waals surface area contributed by atoms with Crippen molar-refractivity contribution in [3.05, 3.63) is 48.4 Å². The monoisotopic (exact) mass is 341 g/mol. The molecule has 0 saturated heterocycles. The van der Waals surface area contributed by atoms with Gasteiger partial charge in [0.25, 0.3) is 5.91 Å². The molecular formula is C18H23N5O2. The third-order valence-corrected chi connectivity index (χ3v) is 4.12. The maximum atomic E-state index is 12.6. The Morgan fingerprint density at radius 1 is 1.40 bits per heavy atom. The molecule has 2 N–H and O–H groups in total. The summed E-state index contributed by atoms with van der Waals surface area (Å²) < 4.78 is 7.51. The van der Waals surface area contributed by atoms with Gasteiger partial charge in [-0.25, -0.2) is 4.98 Å². The van der Waals surface area contributed by atoms with Crippen molar-refractivity contribution in [2.45, 2.75) is 40.3 Å².